The van der Waals surface area contributed by atoms with E-state index in [4.69, 9.17) is 12.2 Å². The largest absolute Gasteiger partial charge is 1.00 e. The van der Waals surface area contributed by atoms with Crippen LogP contribution in [0.3, 0.4) is 0 Å². The van der Waals surface area contributed by atoms with Gasteiger partial charge in [0, 0.05) is 12.1 Å². The molecule has 0 radical (unpaired) electrons. The number of rotatable bonds is 2. The number of hydrogen-bond acceptors (Lipinski definition) is 1. The van der Waals surface area contributed by atoms with E-state index in [1.165, 1.54) is 64.2 Å². The molecule has 0 atom stereocenters. The van der Waals surface area contributed by atoms with E-state index in [9.17, 15) is 0 Å². The zero-order valence-corrected chi connectivity index (χ0v) is 14.7. The minimum absolute atomic E-state index is 0. The van der Waals surface area contributed by atoms with Crippen LogP contribution in [0, 0.1) is 0 Å². The molecule has 92 valence electrons. The number of nitrogens with zero attached hydrogens (tertiary/aromatic N) is 1. The average Bonchev–Trinajstić information content (AvgIpc) is 2.31. The molecule has 0 bridgehead atoms. The normalized spacial score (nSPS) is 22.9. The van der Waals surface area contributed by atoms with E-state index in [1.807, 2.05) is 0 Å². The Labute approximate surface area is 139 Å². The Balaban J connectivity index is 0.00000144. The first-order valence-corrected chi connectivity index (χ1v) is 7.66. The van der Waals surface area contributed by atoms with Crippen molar-refractivity contribution in [3.8, 4) is 0 Å². The fourth-order valence-corrected chi connectivity index (χ4v) is 3.95. The Hall–Kier alpha value is 1.24. The van der Waals surface area contributed by atoms with Crippen molar-refractivity contribution in [3.05, 3.63) is 0 Å². The van der Waals surface area contributed by atoms with Gasteiger partial charge in [-0.25, -0.2) is 0 Å². The summed E-state index contributed by atoms with van der Waals surface area (Å²) in [4.78, 5) is 2.48. The SMILES string of the molecule is S=C(S)N(C1CCCCC1)C1CCCCC1.[Na+]. The summed E-state index contributed by atoms with van der Waals surface area (Å²) in [7, 11) is 0. The molecular formula is C13H23NNaS2+. The molecule has 2 fully saturated rings. The van der Waals surface area contributed by atoms with Crippen molar-refractivity contribution in [1.82, 2.24) is 4.90 Å². The maximum absolute atomic E-state index is 5.37. The van der Waals surface area contributed by atoms with Crippen LogP contribution in [0.4, 0.5) is 0 Å². The molecule has 0 saturated heterocycles. The van der Waals surface area contributed by atoms with Crippen LogP contribution in [0.5, 0.6) is 0 Å². The molecule has 17 heavy (non-hydrogen) atoms. The van der Waals surface area contributed by atoms with E-state index in [2.05, 4.69) is 17.5 Å². The van der Waals surface area contributed by atoms with Crippen molar-refractivity contribution < 1.29 is 29.6 Å². The summed E-state index contributed by atoms with van der Waals surface area (Å²) in [5, 5.41) is 0. The van der Waals surface area contributed by atoms with E-state index < -0.39 is 0 Å². The van der Waals surface area contributed by atoms with Gasteiger partial charge < -0.3 is 4.90 Å². The second-order valence-corrected chi connectivity index (χ2v) is 6.39. The van der Waals surface area contributed by atoms with Crippen LogP contribution in [-0.4, -0.2) is 21.3 Å². The van der Waals surface area contributed by atoms with E-state index in [-0.39, 0.29) is 29.6 Å². The molecule has 1 nitrogen and oxygen atoms in total. The topological polar surface area (TPSA) is 3.24 Å². The molecule has 0 N–H and O–H groups in total. The van der Waals surface area contributed by atoms with Gasteiger partial charge >= 0.3 is 29.6 Å². The summed E-state index contributed by atoms with van der Waals surface area (Å²) in [6.45, 7) is 0. The fourth-order valence-electron chi connectivity index (χ4n) is 3.33. The number of thiocarbonyl (C=S) groups is 1. The zero-order valence-electron chi connectivity index (χ0n) is 11.0. The van der Waals surface area contributed by atoms with Gasteiger partial charge in [0.25, 0.3) is 0 Å². The van der Waals surface area contributed by atoms with E-state index >= 15 is 0 Å². The van der Waals surface area contributed by atoms with Crippen LogP contribution in [0.15, 0.2) is 0 Å². The molecule has 2 saturated carbocycles. The molecule has 0 unspecified atom stereocenters. The molecule has 4 heteroatoms. The standard InChI is InChI=1S/C13H23NS2.Na/c15-13(16)14(11-7-3-1-4-8-11)12-9-5-2-6-10-12;/h11-12H,1-10H2,(H,15,16);/q;+1. The minimum Gasteiger partial charge on any atom is -0.352 e. The van der Waals surface area contributed by atoms with Gasteiger partial charge in [-0.3, -0.25) is 0 Å². The third-order valence-corrected chi connectivity index (χ3v) is 4.60. The van der Waals surface area contributed by atoms with Gasteiger partial charge in [0.15, 0.2) is 0 Å². The Bertz CT molecular complexity index is 218. The molecule has 2 rings (SSSR count). The van der Waals surface area contributed by atoms with Crippen LogP contribution < -0.4 is 29.6 Å². The average molecular weight is 280 g/mol. The second kappa shape index (κ2) is 8.42. The Morgan fingerprint density at radius 2 is 1.18 bits per heavy atom. The van der Waals surface area contributed by atoms with E-state index in [0.717, 1.165) is 4.32 Å². The van der Waals surface area contributed by atoms with E-state index in [1.54, 1.807) is 0 Å². The van der Waals surface area contributed by atoms with Crippen molar-refractivity contribution in [3.63, 3.8) is 0 Å². The first kappa shape index (κ1) is 16.3. The summed E-state index contributed by atoms with van der Waals surface area (Å²) < 4.78 is 0.846. The quantitative estimate of drug-likeness (QED) is 0.459. The van der Waals surface area contributed by atoms with Gasteiger partial charge in [0.2, 0.25) is 0 Å². The van der Waals surface area contributed by atoms with Crippen LogP contribution in [0.1, 0.15) is 64.2 Å². The van der Waals surface area contributed by atoms with Gasteiger partial charge in [-0.15, -0.1) is 12.6 Å². The van der Waals surface area contributed by atoms with Crippen LogP contribution in [-0.2, 0) is 0 Å². The minimum atomic E-state index is 0. The summed E-state index contributed by atoms with van der Waals surface area (Å²) in [5.41, 5.74) is 0. The summed E-state index contributed by atoms with van der Waals surface area (Å²) >= 11 is 9.84. The molecule has 0 aliphatic heterocycles. The van der Waals surface area contributed by atoms with Crippen molar-refractivity contribution in [2.75, 3.05) is 0 Å². The zero-order chi connectivity index (χ0) is 11.4. The van der Waals surface area contributed by atoms with Crippen LogP contribution in [0.2, 0.25) is 0 Å². The molecule has 0 heterocycles. The summed E-state index contributed by atoms with van der Waals surface area (Å²) in [5.74, 6) is 0. The van der Waals surface area contributed by atoms with Gasteiger partial charge in [-0.2, -0.15) is 0 Å². The third kappa shape index (κ3) is 4.68. The maximum atomic E-state index is 5.37. The Kier molecular flexibility index (Phi) is 8.07. The number of hydrogen-bond donors (Lipinski definition) is 1. The van der Waals surface area contributed by atoms with Gasteiger partial charge in [0.1, 0.15) is 4.32 Å². The molecule has 2 aliphatic carbocycles. The maximum Gasteiger partial charge on any atom is 1.00 e. The predicted molar refractivity (Wildman–Crippen MR) is 77.2 cm³/mol. The Morgan fingerprint density at radius 1 is 0.824 bits per heavy atom. The molecule has 0 aromatic carbocycles. The Morgan fingerprint density at radius 3 is 1.47 bits per heavy atom. The second-order valence-electron chi connectivity index (χ2n) is 5.27. The predicted octanol–water partition coefficient (Wildman–Crippen LogP) is 1.17. The molecular weight excluding hydrogens is 257 g/mol. The number of thiol groups is 1. The van der Waals surface area contributed by atoms with Crippen molar-refractivity contribution in [2.45, 2.75) is 76.3 Å². The van der Waals surface area contributed by atoms with E-state index in [0.29, 0.717) is 12.1 Å². The van der Waals surface area contributed by atoms with Crippen molar-refractivity contribution >= 4 is 29.2 Å². The molecule has 0 amide bonds. The summed E-state index contributed by atoms with van der Waals surface area (Å²) in [6.07, 6.45) is 13.7. The molecule has 0 aromatic rings. The van der Waals surface area contributed by atoms with Gasteiger partial charge in [-0.1, -0.05) is 50.7 Å². The first-order valence-electron chi connectivity index (χ1n) is 6.80. The fraction of sp³-hybridized carbons (Fsp3) is 0.923. The van der Waals surface area contributed by atoms with Gasteiger partial charge in [-0.05, 0) is 25.7 Å². The third-order valence-electron chi connectivity index (χ3n) is 4.16. The van der Waals surface area contributed by atoms with Crippen molar-refractivity contribution in [1.29, 1.82) is 0 Å². The van der Waals surface area contributed by atoms with Crippen LogP contribution in [0.25, 0.3) is 0 Å². The smallest absolute Gasteiger partial charge is 0.352 e. The first-order chi connectivity index (χ1) is 7.79. The monoisotopic (exact) mass is 280 g/mol. The van der Waals surface area contributed by atoms with Gasteiger partial charge in [0.05, 0.1) is 0 Å². The summed E-state index contributed by atoms with van der Waals surface area (Å²) in [6, 6.07) is 1.39. The van der Waals surface area contributed by atoms with Crippen molar-refractivity contribution in [2.24, 2.45) is 0 Å². The molecule has 0 spiro atoms. The van der Waals surface area contributed by atoms with Crippen LogP contribution >= 0.6 is 24.8 Å². The molecule has 0 aromatic heterocycles. The molecule has 2 aliphatic rings.